The summed E-state index contributed by atoms with van der Waals surface area (Å²) in [6.07, 6.45) is 2.91. The zero-order chi connectivity index (χ0) is 22.5. The minimum absolute atomic E-state index is 0.00535. The molecule has 0 atom stereocenters. The number of rotatable bonds is 8. The number of aromatic hydroxyl groups is 1. The Morgan fingerprint density at radius 2 is 1.97 bits per heavy atom. The second kappa shape index (κ2) is 9.40. The largest absolute Gasteiger partial charge is 0.508 e. The summed E-state index contributed by atoms with van der Waals surface area (Å²) >= 11 is 0. The van der Waals surface area contributed by atoms with Crippen molar-refractivity contribution >= 4 is 17.8 Å². The van der Waals surface area contributed by atoms with E-state index in [4.69, 9.17) is 11.1 Å². The molecule has 1 aromatic heterocycles. The average Bonchev–Trinajstić information content (AvgIpc) is 3.19. The second-order valence-corrected chi connectivity index (χ2v) is 7.60. The summed E-state index contributed by atoms with van der Waals surface area (Å²) in [5.74, 6) is 0.862. The Hall–Kier alpha value is -4.04. The summed E-state index contributed by atoms with van der Waals surface area (Å²) in [5.41, 5.74) is 9.97. The predicted molar refractivity (Wildman–Crippen MR) is 127 cm³/mol. The molecule has 2 aromatic carbocycles. The van der Waals surface area contributed by atoms with Crippen molar-refractivity contribution < 1.29 is 5.11 Å². The lowest BCUT2D eigenvalue weighted by Gasteiger charge is -2.21. The van der Waals surface area contributed by atoms with Crippen molar-refractivity contribution in [2.75, 3.05) is 18.0 Å². The molecule has 1 aliphatic rings. The smallest absolute Gasteiger partial charge is 0.185 e. The second-order valence-electron chi connectivity index (χ2n) is 7.60. The number of fused-ring (bicyclic) bond motifs is 1. The van der Waals surface area contributed by atoms with Crippen molar-refractivity contribution in [2.24, 2.45) is 10.7 Å². The number of nitrogens with one attached hydrogen (secondary N) is 4. The lowest BCUT2D eigenvalue weighted by molar-refractivity contribution is 0.475. The van der Waals surface area contributed by atoms with Crippen LogP contribution in [0.15, 0.2) is 72.0 Å². The van der Waals surface area contributed by atoms with Crippen LogP contribution in [0, 0.1) is 5.41 Å². The van der Waals surface area contributed by atoms with Crippen LogP contribution < -0.4 is 32.0 Å². The highest BCUT2D eigenvalue weighted by atomic mass is 16.3. The Bertz CT molecular complexity index is 1240. The summed E-state index contributed by atoms with van der Waals surface area (Å²) in [7, 11) is 0. The third kappa shape index (κ3) is 4.98. The number of anilines is 1. The van der Waals surface area contributed by atoms with E-state index in [0.717, 1.165) is 47.2 Å². The van der Waals surface area contributed by atoms with Crippen molar-refractivity contribution in [3.05, 3.63) is 83.3 Å². The predicted octanol–water partition coefficient (Wildman–Crippen LogP) is 1.70. The highest BCUT2D eigenvalue weighted by Crippen LogP contribution is 2.23. The lowest BCUT2D eigenvalue weighted by Crippen LogP contribution is -2.33. The maximum atomic E-state index is 9.76. The summed E-state index contributed by atoms with van der Waals surface area (Å²) < 4.78 is 0. The van der Waals surface area contributed by atoms with Crippen LogP contribution in [0.1, 0.15) is 12.0 Å². The molecule has 0 radical (unpaired) electrons. The fraction of sp³-hybridized carbons (Fsp3) is 0.167. The molecule has 2 heterocycles. The standard InChI is InChI=1S/C24H27N7O/c1-16-29-23-19(13-22(30-23)18-4-2-5-21(32)12-18)15-31(16)20-8-6-17(7-9-20)14-27-10-3-11-28-24(25)26/h2,4-9,12-13,15,27,32H,1,3,10-11,14H2,(H,29,30)(H4,25,26,28). The monoisotopic (exact) mass is 429 g/mol. The third-order valence-corrected chi connectivity index (χ3v) is 5.16. The van der Waals surface area contributed by atoms with Gasteiger partial charge in [-0.3, -0.25) is 5.41 Å². The molecule has 0 bridgehead atoms. The molecule has 32 heavy (non-hydrogen) atoms. The van der Waals surface area contributed by atoms with Crippen LogP contribution in [-0.2, 0) is 6.54 Å². The normalized spacial score (nSPS) is 12.6. The molecule has 0 saturated carbocycles. The fourth-order valence-electron chi connectivity index (χ4n) is 3.54. The minimum atomic E-state index is 0.00535. The van der Waals surface area contributed by atoms with E-state index in [1.807, 2.05) is 29.3 Å². The van der Waals surface area contributed by atoms with Crippen LogP contribution in [0.3, 0.4) is 0 Å². The van der Waals surface area contributed by atoms with Gasteiger partial charge in [-0.15, -0.1) is 0 Å². The molecule has 164 valence electrons. The minimum Gasteiger partial charge on any atom is -0.508 e. The molecule has 8 nitrogen and oxygen atoms in total. The number of benzene rings is 2. The van der Waals surface area contributed by atoms with Crippen LogP contribution in [0.2, 0.25) is 0 Å². The van der Waals surface area contributed by atoms with Crippen LogP contribution in [0.4, 0.5) is 5.69 Å². The van der Waals surface area contributed by atoms with E-state index in [0.29, 0.717) is 12.4 Å². The lowest BCUT2D eigenvalue weighted by atomic mass is 10.1. The highest BCUT2D eigenvalue weighted by molar-refractivity contribution is 5.74. The number of hydrogen-bond donors (Lipinski definition) is 6. The van der Waals surface area contributed by atoms with E-state index in [1.54, 1.807) is 12.1 Å². The van der Waals surface area contributed by atoms with Gasteiger partial charge in [0.05, 0.1) is 0 Å². The molecule has 0 amide bonds. The fourth-order valence-corrected chi connectivity index (χ4v) is 3.54. The van der Waals surface area contributed by atoms with Gasteiger partial charge in [0.25, 0.3) is 0 Å². The van der Waals surface area contributed by atoms with Crippen molar-refractivity contribution in [1.82, 2.24) is 15.6 Å². The van der Waals surface area contributed by atoms with Gasteiger partial charge < -0.3 is 31.4 Å². The van der Waals surface area contributed by atoms with Crippen LogP contribution in [0.5, 0.6) is 5.75 Å². The summed E-state index contributed by atoms with van der Waals surface area (Å²) in [6, 6.07) is 17.4. The number of phenols is 1. The number of phenolic OH excluding ortho intramolecular Hbond substituents is 1. The Morgan fingerprint density at radius 3 is 2.72 bits per heavy atom. The summed E-state index contributed by atoms with van der Waals surface area (Å²) in [6.45, 7) is 6.40. The first kappa shape index (κ1) is 21.2. The molecule has 4 rings (SSSR count). The van der Waals surface area contributed by atoms with E-state index in [1.165, 1.54) is 5.56 Å². The number of aromatic amines is 1. The Morgan fingerprint density at radius 1 is 1.16 bits per heavy atom. The van der Waals surface area contributed by atoms with Crippen LogP contribution in [0.25, 0.3) is 17.5 Å². The zero-order valence-electron chi connectivity index (χ0n) is 17.7. The molecule has 1 aliphatic heterocycles. The van der Waals surface area contributed by atoms with Gasteiger partial charge in [-0.25, -0.2) is 4.99 Å². The first-order chi connectivity index (χ1) is 15.5. The van der Waals surface area contributed by atoms with Gasteiger partial charge in [-0.2, -0.15) is 0 Å². The molecule has 8 heteroatoms. The van der Waals surface area contributed by atoms with Gasteiger partial charge in [0.15, 0.2) is 5.96 Å². The Labute approximate surface area is 186 Å². The molecule has 7 N–H and O–H groups in total. The first-order valence-electron chi connectivity index (χ1n) is 10.4. The third-order valence-electron chi connectivity index (χ3n) is 5.16. The van der Waals surface area contributed by atoms with Crippen LogP contribution in [-0.4, -0.2) is 29.1 Å². The molecule has 3 aromatic rings. The first-order valence-corrected chi connectivity index (χ1v) is 10.4. The van der Waals surface area contributed by atoms with E-state index >= 15 is 0 Å². The molecule has 0 saturated heterocycles. The zero-order valence-corrected chi connectivity index (χ0v) is 17.7. The quantitative estimate of drug-likeness (QED) is 0.185. The van der Waals surface area contributed by atoms with Gasteiger partial charge in [-0.1, -0.05) is 30.8 Å². The molecule has 0 spiro atoms. The van der Waals surface area contributed by atoms with E-state index in [9.17, 15) is 5.11 Å². The molecule has 0 unspecified atom stereocenters. The Kier molecular flexibility index (Phi) is 6.23. The van der Waals surface area contributed by atoms with Crippen molar-refractivity contribution in [3.63, 3.8) is 0 Å². The molecular weight excluding hydrogens is 402 g/mol. The van der Waals surface area contributed by atoms with Gasteiger partial charge in [-0.05, 0) is 48.9 Å². The van der Waals surface area contributed by atoms with Crippen molar-refractivity contribution in [1.29, 1.82) is 5.41 Å². The highest BCUT2D eigenvalue weighted by Gasteiger charge is 2.13. The number of H-pyrrole nitrogens is 1. The maximum Gasteiger partial charge on any atom is 0.185 e. The summed E-state index contributed by atoms with van der Waals surface area (Å²) in [4.78, 5) is 9.89. The van der Waals surface area contributed by atoms with E-state index in [2.05, 4.69) is 51.5 Å². The van der Waals surface area contributed by atoms with Gasteiger partial charge >= 0.3 is 0 Å². The van der Waals surface area contributed by atoms with Gasteiger partial charge in [0.2, 0.25) is 0 Å². The number of nitrogens with two attached hydrogens (primary N) is 1. The van der Waals surface area contributed by atoms with Crippen molar-refractivity contribution in [3.8, 4) is 17.0 Å². The molecule has 0 fully saturated rings. The number of nitrogens with zero attached hydrogens (tertiary/aromatic N) is 2. The average molecular weight is 430 g/mol. The Balaban J connectivity index is 1.43. The summed E-state index contributed by atoms with van der Waals surface area (Å²) in [5, 5.41) is 24.0. The van der Waals surface area contributed by atoms with Crippen LogP contribution >= 0.6 is 0 Å². The maximum absolute atomic E-state index is 9.76. The van der Waals surface area contributed by atoms with Gasteiger partial charge in [0.1, 0.15) is 17.1 Å². The van der Waals surface area contributed by atoms with E-state index < -0.39 is 0 Å². The number of aromatic nitrogens is 1. The number of guanidine groups is 1. The topological polar surface area (TPSA) is 126 Å². The molecular formula is C24H27N7O. The number of hydrogen-bond acceptors (Lipinski definition) is 5. The van der Waals surface area contributed by atoms with Crippen molar-refractivity contribution in [2.45, 2.75) is 13.0 Å². The molecule has 0 aliphatic carbocycles. The SMILES string of the molecule is C=C1N=c2[nH]c(-c3cccc(O)c3)cc2=CN1c1ccc(CNCCCNC(=N)N)cc1. The van der Waals surface area contributed by atoms with Gasteiger partial charge in [0, 0.05) is 41.5 Å². The van der Waals surface area contributed by atoms with E-state index in [-0.39, 0.29) is 11.7 Å².